The number of halogens is 1. The van der Waals surface area contributed by atoms with Crippen molar-refractivity contribution >= 4 is 34.7 Å². The SMILES string of the molecule is O=C(O)C1=NN(c2ccc(Cl)c([N+](=O)[O-])c2)[C@H](c2ccccc2)C1. The third-order valence-corrected chi connectivity index (χ3v) is 4.05. The monoisotopic (exact) mass is 345 g/mol. The number of nitro benzene ring substituents is 1. The number of nitrogens with zero attached hydrogens (tertiary/aromatic N) is 3. The van der Waals surface area contributed by atoms with Gasteiger partial charge in [-0.05, 0) is 17.7 Å². The van der Waals surface area contributed by atoms with Crippen LogP contribution in [0, 0.1) is 10.1 Å². The molecule has 0 fully saturated rings. The lowest BCUT2D eigenvalue weighted by Crippen LogP contribution is -2.18. The summed E-state index contributed by atoms with van der Waals surface area (Å²) >= 11 is 5.84. The van der Waals surface area contributed by atoms with Crippen LogP contribution in [-0.2, 0) is 4.79 Å². The van der Waals surface area contributed by atoms with Gasteiger partial charge in [-0.25, -0.2) is 4.79 Å². The van der Waals surface area contributed by atoms with Crippen molar-refractivity contribution in [1.29, 1.82) is 0 Å². The Hall–Kier alpha value is -2.93. The summed E-state index contributed by atoms with van der Waals surface area (Å²) in [6.45, 7) is 0. The van der Waals surface area contributed by atoms with Crippen molar-refractivity contribution in [1.82, 2.24) is 0 Å². The van der Waals surface area contributed by atoms with Gasteiger partial charge < -0.3 is 5.11 Å². The molecule has 1 aliphatic rings. The number of nitro groups is 1. The van der Waals surface area contributed by atoms with Crippen LogP contribution in [0.5, 0.6) is 0 Å². The van der Waals surface area contributed by atoms with E-state index in [9.17, 15) is 20.0 Å². The van der Waals surface area contributed by atoms with E-state index in [0.29, 0.717) is 5.69 Å². The van der Waals surface area contributed by atoms with Crippen LogP contribution in [0.25, 0.3) is 0 Å². The largest absolute Gasteiger partial charge is 0.477 e. The number of carboxylic acids is 1. The van der Waals surface area contributed by atoms with E-state index in [2.05, 4.69) is 5.10 Å². The summed E-state index contributed by atoms with van der Waals surface area (Å²) in [6, 6.07) is 13.2. The van der Waals surface area contributed by atoms with E-state index in [4.69, 9.17) is 11.6 Å². The maximum Gasteiger partial charge on any atom is 0.352 e. The molecule has 8 heteroatoms. The normalized spacial score (nSPS) is 16.8. The van der Waals surface area contributed by atoms with Gasteiger partial charge in [0.25, 0.3) is 5.69 Å². The molecule has 0 aliphatic carbocycles. The molecule has 0 radical (unpaired) electrons. The molecular formula is C16H12ClN3O4. The summed E-state index contributed by atoms with van der Waals surface area (Å²) in [5, 5.41) is 26.0. The number of hydrogen-bond acceptors (Lipinski definition) is 5. The Morgan fingerprint density at radius 3 is 2.62 bits per heavy atom. The summed E-state index contributed by atoms with van der Waals surface area (Å²) in [7, 11) is 0. The molecule has 1 aliphatic heterocycles. The van der Waals surface area contributed by atoms with E-state index in [-0.39, 0.29) is 28.9 Å². The summed E-state index contributed by atoms with van der Waals surface area (Å²) in [5.74, 6) is -1.11. The van der Waals surface area contributed by atoms with Gasteiger partial charge in [0.05, 0.1) is 16.7 Å². The highest BCUT2D eigenvalue weighted by molar-refractivity contribution is 6.36. The molecule has 7 nitrogen and oxygen atoms in total. The van der Waals surface area contributed by atoms with Crippen molar-refractivity contribution in [2.75, 3.05) is 5.01 Å². The van der Waals surface area contributed by atoms with Crippen LogP contribution in [0.15, 0.2) is 53.6 Å². The van der Waals surface area contributed by atoms with Crippen LogP contribution in [-0.4, -0.2) is 21.7 Å². The minimum Gasteiger partial charge on any atom is -0.477 e. The molecule has 24 heavy (non-hydrogen) atoms. The summed E-state index contributed by atoms with van der Waals surface area (Å²) in [5.41, 5.74) is 1.03. The average Bonchev–Trinajstić information content (AvgIpc) is 3.01. The van der Waals surface area contributed by atoms with Gasteiger partial charge in [0.1, 0.15) is 10.7 Å². The topological polar surface area (TPSA) is 96.0 Å². The molecule has 3 rings (SSSR count). The highest BCUT2D eigenvalue weighted by atomic mass is 35.5. The number of carbonyl (C=O) groups is 1. The molecule has 1 N–H and O–H groups in total. The Morgan fingerprint density at radius 2 is 2.00 bits per heavy atom. The lowest BCUT2D eigenvalue weighted by molar-refractivity contribution is -0.384. The molecule has 1 heterocycles. The Kier molecular flexibility index (Phi) is 4.18. The maximum atomic E-state index is 11.3. The van der Waals surface area contributed by atoms with Crippen LogP contribution in [0.1, 0.15) is 18.0 Å². The van der Waals surface area contributed by atoms with E-state index in [1.165, 1.54) is 17.1 Å². The van der Waals surface area contributed by atoms with Gasteiger partial charge in [-0.2, -0.15) is 5.10 Å². The third kappa shape index (κ3) is 2.93. The fourth-order valence-electron chi connectivity index (χ4n) is 2.60. The first-order chi connectivity index (χ1) is 11.5. The fourth-order valence-corrected chi connectivity index (χ4v) is 2.78. The zero-order chi connectivity index (χ0) is 17.3. The summed E-state index contributed by atoms with van der Waals surface area (Å²) in [4.78, 5) is 21.8. The minimum atomic E-state index is -1.11. The first kappa shape index (κ1) is 15.9. The Balaban J connectivity index is 2.06. The molecule has 0 saturated carbocycles. The first-order valence-electron chi connectivity index (χ1n) is 7.06. The van der Waals surface area contributed by atoms with E-state index in [1.807, 2.05) is 30.3 Å². The molecule has 2 aromatic rings. The molecule has 0 spiro atoms. The van der Waals surface area contributed by atoms with Gasteiger partial charge in [-0.15, -0.1) is 0 Å². The molecule has 0 unspecified atom stereocenters. The van der Waals surface area contributed by atoms with Crippen LogP contribution < -0.4 is 5.01 Å². The predicted molar refractivity (Wildman–Crippen MR) is 89.5 cm³/mol. The molecular weight excluding hydrogens is 334 g/mol. The van der Waals surface area contributed by atoms with Gasteiger partial charge in [0, 0.05) is 12.5 Å². The Morgan fingerprint density at radius 1 is 1.29 bits per heavy atom. The zero-order valence-electron chi connectivity index (χ0n) is 12.3. The van der Waals surface area contributed by atoms with Gasteiger partial charge in [-0.3, -0.25) is 15.1 Å². The van der Waals surface area contributed by atoms with E-state index >= 15 is 0 Å². The number of benzene rings is 2. The van der Waals surface area contributed by atoms with Crippen LogP contribution in [0.4, 0.5) is 11.4 Å². The fraction of sp³-hybridized carbons (Fsp3) is 0.125. The second-order valence-corrected chi connectivity index (χ2v) is 5.63. The van der Waals surface area contributed by atoms with Crippen molar-refractivity contribution in [2.24, 2.45) is 5.10 Å². The molecule has 2 aromatic carbocycles. The zero-order valence-corrected chi connectivity index (χ0v) is 13.1. The second kappa shape index (κ2) is 6.29. The van der Waals surface area contributed by atoms with Crippen LogP contribution in [0.3, 0.4) is 0 Å². The van der Waals surface area contributed by atoms with Gasteiger partial charge in [0.15, 0.2) is 0 Å². The van der Waals surface area contributed by atoms with Crippen LogP contribution >= 0.6 is 11.6 Å². The van der Waals surface area contributed by atoms with Crippen molar-refractivity contribution in [3.05, 3.63) is 69.2 Å². The van der Waals surface area contributed by atoms with Crippen molar-refractivity contribution in [2.45, 2.75) is 12.5 Å². The van der Waals surface area contributed by atoms with Gasteiger partial charge in [0.2, 0.25) is 0 Å². The highest BCUT2D eigenvalue weighted by Gasteiger charge is 2.33. The molecule has 1 atom stereocenters. The van der Waals surface area contributed by atoms with E-state index in [1.54, 1.807) is 6.07 Å². The Bertz CT molecular complexity index is 838. The van der Waals surface area contributed by atoms with Crippen molar-refractivity contribution in [3.8, 4) is 0 Å². The molecule has 0 amide bonds. The molecule has 0 saturated heterocycles. The smallest absolute Gasteiger partial charge is 0.352 e. The standard InChI is InChI=1S/C16H12ClN3O4/c17-12-7-6-11(8-15(12)20(23)24)19-14(9-13(18-19)16(21)22)10-4-2-1-3-5-10/h1-8,14H,9H2,(H,21,22)/t14-/m0/s1. The highest BCUT2D eigenvalue weighted by Crippen LogP contribution is 2.38. The number of aliphatic carboxylic acids is 1. The first-order valence-corrected chi connectivity index (χ1v) is 7.44. The number of hydrogen-bond donors (Lipinski definition) is 1. The number of hydrazone groups is 1. The second-order valence-electron chi connectivity index (χ2n) is 5.22. The van der Waals surface area contributed by atoms with Gasteiger partial charge >= 0.3 is 5.97 Å². The summed E-state index contributed by atoms with van der Waals surface area (Å²) in [6.07, 6.45) is 0.204. The summed E-state index contributed by atoms with van der Waals surface area (Å²) < 4.78 is 0. The molecule has 0 aromatic heterocycles. The van der Waals surface area contributed by atoms with Crippen molar-refractivity contribution in [3.63, 3.8) is 0 Å². The van der Waals surface area contributed by atoms with E-state index in [0.717, 1.165) is 5.56 Å². The van der Waals surface area contributed by atoms with Crippen molar-refractivity contribution < 1.29 is 14.8 Å². The van der Waals surface area contributed by atoms with E-state index < -0.39 is 10.9 Å². The predicted octanol–water partition coefficient (Wildman–Crippen LogP) is 3.64. The Labute approximate surface area is 141 Å². The minimum absolute atomic E-state index is 0.00135. The lowest BCUT2D eigenvalue weighted by Gasteiger charge is -2.23. The van der Waals surface area contributed by atoms with Crippen LogP contribution in [0.2, 0.25) is 5.02 Å². The number of rotatable bonds is 4. The average molecular weight is 346 g/mol. The number of carboxylic acid groups (broad SMARTS) is 1. The van der Waals surface area contributed by atoms with Gasteiger partial charge in [-0.1, -0.05) is 41.9 Å². The maximum absolute atomic E-state index is 11.3. The lowest BCUT2D eigenvalue weighted by atomic mass is 10.0. The molecule has 122 valence electrons. The number of anilines is 1. The third-order valence-electron chi connectivity index (χ3n) is 3.73. The molecule has 0 bridgehead atoms. The quantitative estimate of drug-likeness (QED) is 0.674.